The Kier molecular flexibility index (Phi) is 10.5. The second-order valence-corrected chi connectivity index (χ2v) is 12.3. The number of carboxylic acid groups (broad SMARTS) is 1. The number of halogens is 1. The van der Waals surface area contributed by atoms with Crippen LogP contribution in [-0.4, -0.2) is 77.8 Å². The summed E-state index contributed by atoms with van der Waals surface area (Å²) in [6, 6.07) is 14.9. The van der Waals surface area contributed by atoms with E-state index in [4.69, 9.17) is 9.84 Å². The highest BCUT2D eigenvalue weighted by Crippen LogP contribution is 2.44. The monoisotopic (exact) mass is 603 g/mol. The smallest absolute Gasteiger partial charge is 0.305 e. The van der Waals surface area contributed by atoms with Gasteiger partial charge in [-0.2, -0.15) is 0 Å². The number of sulfonamides is 1. The summed E-state index contributed by atoms with van der Waals surface area (Å²) in [5.74, 6) is -1.89. The number of nitrogens with zero attached hydrogens (tertiary/aromatic N) is 2. The fraction of sp³-hybridized carbons (Fsp3) is 0.433. The number of aliphatic carboxylic acids is 1. The molecule has 0 aliphatic carbocycles. The molecule has 1 aliphatic rings. The average molecular weight is 604 g/mol. The van der Waals surface area contributed by atoms with Crippen LogP contribution < -0.4 is 4.83 Å². The topological polar surface area (TPSA) is 141 Å². The Hall–Kier alpha value is -3.13. The van der Waals surface area contributed by atoms with Crippen LogP contribution in [0.1, 0.15) is 44.7 Å². The number of carbonyl (C=O) groups is 1. The van der Waals surface area contributed by atoms with E-state index in [1.54, 1.807) is 17.1 Å². The SMILES string of the molecule is CC(C)c1c(S(=O)(=O)NN2CCOCC2)c(-c2ccccc2)c(-c2ccc(F)cc2)n1CC[C@@H](O)C[C@@H](O)CC(=O)O. The molecule has 1 aromatic heterocycles. The highest BCUT2D eigenvalue weighted by molar-refractivity contribution is 7.89. The molecule has 3 aromatic rings. The predicted octanol–water partition coefficient (Wildman–Crippen LogP) is 3.59. The van der Waals surface area contributed by atoms with Crippen molar-refractivity contribution in [2.24, 2.45) is 0 Å². The van der Waals surface area contributed by atoms with E-state index in [1.807, 2.05) is 48.7 Å². The van der Waals surface area contributed by atoms with Crippen molar-refractivity contribution < 1.29 is 37.7 Å². The third-order valence-corrected chi connectivity index (χ3v) is 8.60. The third-order valence-electron chi connectivity index (χ3n) is 7.15. The number of aliphatic hydroxyl groups excluding tert-OH is 2. The molecule has 2 heterocycles. The van der Waals surface area contributed by atoms with Crippen molar-refractivity contribution >= 4 is 16.0 Å². The molecule has 1 aliphatic heterocycles. The van der Waals surface area contributed by atoms with Gasteiger partial charge in [-0.15, -0.1) is 4.83 Å². The number of carboxylic acids is 1. The van der Waals surface area contributed by atoms with Gasteiger partial charge in [-0.1, -0.05) is 44.2 Å². The average Bonchev–Trinajstić information content (AvgIpc) is 3.29. The molecule has 228 valence electrons. The number of aliphatic hydroxyl groups is 2. The molecule has 12 heteroatoms. The van der Waals surface area contributed by atoms with Gasteiger partial charge in [0.1, 0.15) is 10.7 Å². The second kappa shape index (κ2) is 13.9. The van der Waals surface area contributed by atoms with Gasteiger partial charge in [0.15, 0.2) is 0 Å². The summed E-state index contributed by atoms with van der Waals surface area (Å²) in [4.78, 5) is 13.8. The molecule has 0 radical (unpaired) electrons. The van der Waals surface area contributed by atoms with E-state index >= 15 is 0 Å². The number of benzene rings is 2. The van der Waals surface area contributed by atoms with Gasteiger partial charge < -0.3 is 24.6 Å². The molecule has 1 saturated heterocycles. The Morgan fingerprint density at radius 3 is 2.24 bits per heavy atom. The molecule has 4 N–H and O–H groups in total. The minimum atomic E-state index is -4.15. The Balaban J connectivity index is 1.91. The van der Waals surface area contributed by atoms with Crippen molar-refractivity contribution in [2.45, 2.75) is 62.7 Å². The van der Waals surface area contributed by atoms with E-state index in [-0.39, 0.29) is 30.2 Å². The lowest BCUT2D eigenvalue weighted by molar-refractivity contribution is -0.139. The van der Waals surface area contributed by atoms with E-state index in [1.165, 1.54) is 12.1 Å². The van der Waals surface area contributed by atoms with Crippen molar-refractivity contribution in [3.8, 4) is 22.4 Å². The molecule has 0 saturated carbocycles. The van der Waals surface area contributed by atoms with Crippen molar-refractivity contribution in [1.82, 2.24) is 14.4 Å². The lowest BCUT2D eigenvalue weighted by Gasteiger charge is -2.27. The van der Waals surface area contributed by atoms with Gasteiger partial charge in [0.25, 0.3) is 10.0 Å². The number of morpholine rings is 1. The molecule has 42 heavy (non-hydrogen) atoms. The van der Waals surface area contributed by atoms with Gasteiger partial charge in [0.2, 0.25) is 0 Å². The summed E-state index contributed by atoms with van der Waals surface area (Å²) in [7, 11) is -4.15. The molecule has 4 rings (SSSR count). The predicted molar refractivity (Wildman–Crippen MR) is 156 cm³/mol. The Morgan fingerprint density at radius 1 is 1.00 bits per heavy atom. The molecule has 0 unspecified atom stereocenters. The Labute approximate surface area is 245 Å². The first-order valence-electron chi connectivity index (χ1n) is 14.0. The van der Waals surface area contributed by atoms with Crippen LogP contribution in [0.3, 0.4) is 0 Å². The third kappa shape index (κ3) is 7.63. The van der Waals surface area contributed by atoms with Crippen LogP contribution in [0.4, 0.5) is 4.39 Å². The summed E-state index contributed by atoms with van der Waals surface area (Å²) < 4.78 is 49.8. The summed E-state index contributed by atoms with van der Waals surface area (Å²) in [6.07, 6.45) is -2.80. The molecule has 2 atom stereocenters. The van der Waals surface area contributed by atoms with Crippen LogP contribution in [0, 0.1) is 5.82 Å². The van der Waals surface area contributed by atoms with Gasteiger partial charge in [0.05, 0.1) is 37.5 Å². The number of hydrogen-bond acceptors (Lipinski definition) is 7. The molecule has 0 bridgehead atoms. The maximum Gasteiger partial charge on any atom is 0.305 e. The summed E-state index contributed by atoms with van der Waals surface area (Å²) in [6.45, 7) is 5.47. The van der Waals surface area contributed by atoms with Gasteiger partial charge >= 0.3 is 5.97 Å². The standard InChI is InChI=1S/C30H38FN3O7S/c1-20(2)28-30(42(39,40)32-33-14-16-41-17-15-33)27(21-6-4-3-5-7-21)29(22-8-10-23(31)11-9-22)34(28)13-12-24(35)18-25(36)19-26(37)38/h3-11,20,24-25,32,35-36H,12-19H2,1-2H3,(H,37,38)/t24-,25-/m1/s1. The number of aromatic nitrogens is 1. The van der Waals surface area contributed by atoms with Crippen molar-refractivity contribution in [3.63, 3.8) is 0 Å². The lowest BCUT2D eigenvalue weighted by Crippen LogP contribution is -2.48. The fourth-order valence-electron chi connectivity index (χ4n) is 5.34. The summed E-state index contributed by atoms with van der Waals surface area (Å²) in [5.41, 5.74) is 2.74. The van der Waals surface area contributed by atoms with Gasteiger partial charge in [0, 0.05) is 30.9 Å². The minimum Gasteiger partial charge on any atom is -0.481 e. The number of hydrogen-bond donors (Lipinski definition) is 4. The lowest BCUT2D eigenvalue weighted by atomic mass is 10.0. The second-order valence-electron chi connectivity index (χ2n) is 10.7. The normalized spacial score (nSPS) is 16.0. The molecule has 1 fully saturated rings. The Morgan fingerprint density at radius 2 is 1.64 bits per heavy atom. The van der Waals surface area contributed by atoms with E-state index in [0.29, 0.717) is 54.4 Å². The van der Waals surface area contributed by atoms with Gasteiger partial charge in [-0.25, -0.2) is 17.8 Å². The van der Waals surface area contributed by atoms with E-state index in [9.17, 15) is 27.8 Å². The molecular weight excluding hydrogens is 565 g/mol. The van der Waals surface area contributed by atoms with Crippen molar-refractivity contribution in [2.75, 3.05) is 26.3 Å². The quantitative estimate of drug-likeness (QED) is 0.232. The van der Waals surface area contributed by atoms with Crippen LogP contribution in [0.2, 0.25) is 0 Å². The molecule has 0 amide bonds. The van der Waals surface area contributed by atoms with Gasteiger partial charge in [-0.3, -0.25) is 4.79 Å². The molecule has 10 nitrogen and oxygen atoms in total. The molecule has 2 aromatic carbocycles. The van der Waals surface area contributed by atoms with Crippen LogP contribution in [-0.2, 0) is 26.1 Å². The van der Waals surface area contributed by atoms with Crippen molar-refractivity contribution in [1.29, 1.82) is 0 Å². The number of nitrogens with one attached hydrogen (secondary N) is 1. The zero-order valence-electron chi connectivity index (χ0n) is 23.7. The van der Waals surface area contributed by atoms with Crippen molar-refractivity contribution in [3.05, 3.63) is 66.1 Å². The number of rotatable bonds is 13. The highest BCUT2D eigenvalue weighted by atomic mass is 32.2. The van der Waals surface area contributed by atoms with E-state index in [0.717, 1.165) is 0 Å². The highest BCUT2D eigenvalue weighted by Gasteiger charge is 2.35. The van der Waals surface area contributed by atoms with Gasteiger partial charge in [-0.05, 0) is 54.2 Å². The van der Waals surface area contributed by atoms with Crippen LogP contribution in [0.15, 0.2) is 59.5 Å². The van der Waals surface area contributed by atoms with Crippen LogP contribution >= 0.6 is 0 Å². The number of hydrazine groups is 1. The summed E-state index contributed by atoms with van der Waals surface area (Å²) >= 11 is 0. The Bertz CT molecular complexity index is 1450. The summed E-state index contributed by atoms with van der Waals surface area (Å²) in [5, 5.41) is 31.4. The number of ether oxygens (including phenoxy) is 1. The first-order valence-corrected chi connectivity index (χ1v) is 15.5. The molecular formula is C30H38FN3O7S. The van der Waals surface area contributed by atoms with E-state index < -0.39 is 40.4 Å². The first-order chi connectivity index (χ1) is 20.0. The first kappa shape index (κ1) is 31.8. The minimum absolute atomic E-state index is 0.0925. The maximum atomic E-state index is 14.3. The van der Waals surface area contributed by atoms with Crippen LogP contribution in [0.5, 0.6) is 0 Å². The molecule has 0 spiro atoms. The zero-order chi connectivity index (χ0) is 30.4. The zero-order valence-corrected chi connectivity index (χ0v) is 24.6. The van der Waals surface area contributed by atoms with E-state index in [2.05, 4.69) is 4.83 Å². The fourth-order valence-corrected chi connectivity index (χ4v) is 7.06. The van der Waals surface area contributed by atoms with Crippen LogP contribution in [0.25, 0.3) is 22.4 Å². The largest absolute Gasteiger partial charge is 0.481 e. The maximum absolute atomic E-state index is 14.3.